The van der Waals surface area contributed by atoms with Crippen LogP contribution in [0.4, 0.5) is 21.5 Å². The van der Waals surface area contributed by atoms with Crippen LogP contribution in [0.5, 0.6) is 0 Å². The van der Waals surface area contributed by atoms with Crippen LogP contribution in [0.15, 0.2) is 12.1 Å². The number of aromatic nitrogens is 2. The third-order valence-corrected chi connectivity index (χ3v) is 2.92. The minimum absolute atomic E-state index is 0.320. The van der Waals surface area contributed by atoms with Gasteiger partial charge in [0.1, 0.15) is 5.56 Å². The van der Waals surface area contributed by atoms with Gasteiger partial charge in [0.05, 0.1) is 33.8 Å². The Bertz CT molecular complexity index is 721. The highest BCUT2D eigenvalue weighted by Gasteiger charge is 2.24. The number of anilines is 2. The van der Waals surface area contributed by atoms with Crippen molar-refractivity contribution in [1.82, 2.24) is 10.2 Å². The summed E-state index contributed by atoms with van der Waals surface area (Å²) in [7, 11) is 0. The van der Waals surface area contributed by atoms with Gasteiger partial charge >= 0.3 is 0 Å². The molecule has 1 aromatic carbocycles. The van der Waals surface area contributed by atoms with E-state index in [1.54, 1.807) is 13.8 Å². The molecule has 9 heteroatoms. The van der Waals surface area contributed by atoms with Crippen molar-refractivity contribution in [3.63, 3.8) is 0 Å². The van der Waals surface area contributed by atoms with Gasteiger partial charge in [0.15, 0.2) is 5.82 Å². The van der Waals surface area contributed by atoms with Crippen LogP contribution >= 0.6 is 0 Å². The van der Waals surface area contributed by atoms with Crippen molar-refractivity contribution in [2.75, 3.05) is 11.1 Å². The predicted octanol–water partition coefficient (Wildman–Crippen LogP) is 1.91. The molecular formula is C12H12FN5O3. The lowest BCUT2D eigenvalue weighted by atomic mass is 10.1. The van der Waals surface area contributed by atoms with Crippen molar-refractivity contribution < 1.29 is 14.1 Å². The number of hydrogen-bond acceptors (Lipinski definition) is 5. The Kier molecular flexibility index (Phi) is 3.57. The van der Waals surface area contributed by atoms with Crippen LogP contribution in [-0.4, -0.2) is 21.0 Å². The first-order valence-electron chi connectivity index (χ1n) is 5.87. The lowest BCUT2D eigenvalue weighted by Crippen LogP contribution is -2.15. The number of aryl methyl sites for hydroxylation is 2. The molecule has 1 heterocycles. The molecule has 0 bridgehead atoms. The van der Waals surface area contributed by atoms with Gasteiger partial charge in [-0.05, 0) is 19.9 Å². The van der Waals surface area contributed by atoms with Crippen LogP contribution in [0.1, 0.15) is 21.7 Å². The summed E-state index contributed by atoms with van der Waals surface area (Å²) in [5.41, 5.74) is 5.58. The second-order valence-corrected chi connectivity index (χ2v) is 4.41. The van der Waals surface area contributed by atoms with Gasteiger partial charge in [-0.15, -0.1) is 0 Å². The topological polar surface area (TPSA) is 127 Å². The molecule has 1 aromatic heterocycles. The molecule has 0 atom stereocenters. The molecule has 0 unspecified atom stereocenters. The summed E-state index contributed by atoms with van der Waals surface area (Å²) in [6.07, 6.45) is 0. The zero-order valence-corrected chi connectivity index (χ0v) is 11.2. The highest BCUT2D eigenvalue weighted by atomic mass is 19.1. The van der Waals surface area contributed by atoms with E-state index in [2.05, 4.69) is 15.5 Å². The number of nitrogens with one attached hydrogen (secondary N) is 2. The zero-order chi connectivity index (χ0) is 15.7. The molecule has 0 aliphatic heterocycles. The number of carbonyl (C=O) groups excluding carboxylic acids is 1. The third kappa shape index (κ3) is 2.66. The largest absolute Gasteiger partial charge is 0.396 e. The number of carbonyl (C=O) groups is 1. The first-order valence-corrected chi connectivity index (χ1v) is 5.87. The summed E-state index contributed by atoms with van der Waals surface area (Å²) >= 11 is 0. The average Bonchev–Trinajstić information content (AvgIpc) is 2.72. The molecule has 0 aliphatic rings. The van der Waals surface area contributed by atoms with Crippen LogP contribution < -0.4 is 11.1 Å². The number of nitrogen functional groups attached to an aromatic ring is 1. The maximum Gasteiger partial charge on any atom is 0.285 e. The van der Waals surface area contributed by atoms with Crippen LogP contribution in [0, 0.1) is 29.8 Å². The van der Waals surface area contributed by atoms with Crippen molar-refractivity contribution >= 4 is 23.0 Å². The zero-order valence-electron chi connectivity index (χ0n) is 11.2. The summed E-state index contributed by atoms with van der Waals surface area (Å²) in [6.45, 7) is 3.34. The molecule has 8 nitrogen and oxygen atoms in total. The Balaban J connectivity index is 2.44. The van der Waals surface area contributed by atoms with Gasteiger partial charge in [-0.25, -0.2) is 4.39 Å². The molecule has 0 saturated carbocycles. The van der Waals surface area contributed by atoms with Gasteiger partial charge in [0.2, 0.25) is 0 Å². The van der Waals surface area contributed by atoms with Crippen LogP contribution in [0.25, 0.3) is 0 Å². The lowest BCUT2D eigenvalue weighted by molar-refractivity contribution is -0.385. The molecule has 0 spiro atoms. The maximum absolute atomic E-state index is 13.3. The number of nitrogens with two attached hydrogens (primary N) is 1. The highest BCUT2D eigenvalue weighted by Crippen LogP contribution is 2.26. The molecule has 0 fully saturated rings. The molecule has 110 valence electrons. The number of amides is 1. The number of benzene rings is 1. The van der Waals surface area contributed by atoms with Crippen molar-refractivity contribution in [3.05, 3.63) is 45.0 Å². The Morgan fingerprint density at radius 3 is 2.67 bits per heavy atom. The van der Waals surface area contributed by atoms with Gasteiger partial charge < -0.3 is 11.1 Å². The first-order chi connectivity index (χ1) is 9.81. The van der Waals surface area contributed by atoms with E-state index >= 15 is 0 Å². The molecular weight excluding hydrogens is 281 g/mol. The van der Waals surface area contributed by atoms with Gasteiger partial charge in [-0.3, -0.25) is 20.0 Å². The van der Waals surface area contributed by atoms with Gasteiger partial charge in [0, 0.05) is 0 Å². The number of halogens is 1. The summed E-state index contributed by atoms with van der Waals surface area (Å²) in [5.74, 6) is -1.71. The maximum atomic E-state index is 13.3. The van der Waals surface area contributed by atoms with E-state index in [4.69, 9.17) is 5.73 Å². The fourth-order valence-electron chi connectivity index (χ4n) is 1.83. The molecule has 21 heavy (non-hydrogen) atoms. The van der Waals surface area contributed by atoms with Gasteiger partial charge in [-0.1, -0.05) is 0 Å². The highest BCUT2D eigenvalue weighted by molar-refractivity contribution is 6.08. The van der Waals surface area contributed by atoms with E-state index in [0.29, 0.717) is 23.1 Å². The van der Waals surface area contributed by atoms with Crippen LogP contribution in [0.2, 0.25) is 0 Å². The van der Waals surface area contributed by atoms with Gasteiger partial charge in [-0.2, -0.15) is 5.10 Å². The van der Waals surface area contributed by atoms with E-state index in [1.807, 2.05) is 0 Å². The number of aromatic amines is 1. The second-order valence-electron chi connectivity index (χ2n) is 4.41. The van der Waals surface area contributed by atoms with Crippen molar-refractivity contribution in [2.24, 2.45) is 0 Å². The molecule has 1 amide bonds. The Morgan fingerprint density at radius 2 is 2.14 bits per heavy atom. The first kappa shape index (κ1) is 14.4. The third-order valence-electron chi connectivity index (χ3n) is 2.92. The monoisotopic (exact) mass is 293 g/mol. The Hall–Kier alpha value is -2.97. The standard InChI is InChI=1S/C12H12FN5O3/c1-5-11(6(2)17-16-5)15-12(19)7-3-9(14)8(13)4-10(7)18(20)21/h3-4H,14H2,1-2H3,(H,15,19)(H,16,17). The van der Waals surface area contributed by atoms with E-state index < -0.39 is 22.3 Å². The second kappa shape index (κ2) is 5.19. The van der Waals surface area contributed by atoms with Gasteiger partial charge in [0.25, 0.3) is 11.6 Å². The average molecular weight is 293 g/mol. The molecule has 2 aromatic rings. The molecule has 4 N–H and O–H groups in total. The van der Waals surface area contributed by atoms with E-state index in [0.717, 1.165) is 6.07 Å². The van der Waals surface area contributed by atoms with E-state index in [9.17, 15) is 19.3 Å². The smallest absolute Gasteiger partial charge is 0.285 e. The minimum Gasteiger partial charge on any atom is -0.396 e. The number of rotatable bonds is 3. The summed E-state index contributed by atoms with van der Waals surface area (Å²) in [6, 6.07) is 1.56. The summed E-state index contributed by atoms with van der Waals surface area (Å²) in [4.78, 5) is 22.3. The minimum atomic E-state index is -0.950. The number of hydrogen-bond donors (Lipinski definition) is 3. The molecule has 0 radical (unpaired) electrons. The van der Waals surface area contributed by atoms with Crippen molar-refractivity contribution in [3.8, 4) is 0 Å². The fraction of sp³-hybridized carbons (Fsp3) is 0.167. The molecule has 0 saturated heterocycles. The summed E-state index contributed by atoms with van der Waals surface area (Å²) in [5, 5.41) is 20.0. The Morgan fingerprint density at radius 1 is 1.48 bits per heavy atom. The predicted molar refractivity (Wildman–Crippen MR) is 73.5 cm³/mol. The normalized spacial score (nSPS) is 10.4. The summed E-state index contributed by atoms with van der Waals surface area (Å²) < 4.78 is 13.3. The lowest BCUT2D eigenvalue weighted by Gasteiger charge is -2.07. The van der Waals surface area contributed by atoms with E-state index in [-0.39, 0.29) is 11.3 Å². The number of H-pyrrole nitrogens is 1. The van der Waals surface area contributed by atoms with E-state index in [1.165, 1.54) is 0 Å². The van der Waals surface area contributed by atoms with Crippen molar-refractivity contribution in [2.45, 2.75) is 13.8 Å². The van der Waals surface area contributed by atoms with Crippen molar-refractivity contribution in [1.29, 1.82) is 0 Å². The molecule has 2 rings (SSSR count). The van der Waals surface area contributed by atoms with Crippen LogP contribution in [0.3, 0.4) is 0 Å². The number of nitro benzene ring substituents is 1. The molecule has 0 aliphatic carbocycles. The SMILES string of the molecule is Cc1n[nH]c(C)c1NC(=O)c1cc(N)c(F)cc1[N+](=O)[O-]. The number of nitro groups is 1. The van der Waals surface area contributed by atoms with Crippen LogP contribution in [-0.2, 0) is 0 Å². The quantitative estimate of drug-likeness (QED) is 0.452. The fourth-order valence-corrected chi connectivity index (χ4v) is 1.83. The Labute approximate surface area is 118 Å². The number of nitrogens with zero attached hydrogens (tertiary/aromatic N) is 2.